The molecule has 2 N–H and O–H groups in total. The number of nitrogens with zero attached hydrogens (tertiary/aromatic N) is 1. The summed E-state index contributed by atoms with van der Waals surface area (Å²) in [5.41, 5.74) is 1.87. The van der Waals surface area contributed by atoms with E-state index in [1.807, 2.05) is 0 Å². The summed E-state index contributed by atoms with van der Waals surface area (Å²) in [6.07, 6.45) is 2.66. The summed E-state index contributed by atoms with van der Waals surface area (Å²) >= 11 is 0. The molecule has 0 unspecified atom stereocenters. The van der Waals surface area contributed by atoms with Crippen LogP contribution in [0.4, 0.5) is 4.39 Å². The van der Waals surface area contributed by atoms with Crippen LogP contribution < -0.4 is 0 Å². The number of carboxylic acids is 1. The van der Waals surface area contributed by atoms with Crippen LogP contribution in [-0.4, -0.2) is 26.5 Å². The monoisotopic (exact) mass is 303 g/mol. The number of aromatic nitrogens is 1. The number of hydrogen-bond acceptors (Lipinski definition) is 3. The number of ketones is 1. The van der Waals surface area contributed by atoms with Gasteiger partial charge in [0.05, 0.1) is 0 Å². The Balaban J connectivity index is 2.25. The molecule has 1 heterocycles. The molecule has 0 aliphatic heterocycles. The largest absolute Gasteiger partial charge is 0.507 e. The molecule has 0 saturated heterocycles. The first kappa shape index (κ1) is 15.5. The molecule has 0 atom stereocenters. The Kier molecular flexibility index (Phi) is 4.41. The van der Waals surface area contributed by atoms with Gasteiger partial charge in [0.25, 0.3) is 5.78 Å². The van der Waals surface area contributed by atoms with Gasteiger partial charge in [-0.05, 0) is 23.8 Å². The smallest absolute Gasteiger partial charge is 0.376 e. The van der Waals surface area contributed by atoms with Crippen LogP contribution in [0.2, 0.25) is 0 Å². The highest BCUT2D eigenvalue weighted by Gasteiger charge is 2.13. The molecule has 0 saturated carbocycles. The number of aliphatic hydroxyl groups excluding tert-OH is 1. The lowest BCUT2D eigenvalue weighted by atomic mass is 10.1. The Morgan fingerprint density at radius 3 is 2.64 bits per heavy atom. The number of aryl methyl sites for hydroxylation is 1. The van der Waals surface area contributed by atoms with E-state index in [0.717, 1.165) is 11.3 Å². The maximum Gasteiger partial charge on any atom is 0.376 e. The van der Waals surface area contributed by atoms with Gasteiger partial charge in [-0.15, -0.1) is 0 Å². The number of rotatable bonds is 5. The van der Waals surface area contributed by atoms with Gasteiger partial charge in [0.15, 0.2) is 0 Å². The van der Waals surface area contributed by atoms with Crippen LogP contribution in [-0.2, 0) is 23.1 Å². The molecule has 5 nitrogen and oxygen atoms in total. The van der Waals surface area contributed by atoms with Crippen LogP contribution >= 0.6 is 0 Å². The average molecular weight is 303 g/mol. The summed E-state index contributed by atoms with van der Waals surface area (Å²) in [4.78, 5) is 21.5. The first-order chi connectivity index (χ1) is 10.4. The number of carbonyl (C=O) groups is 2. The number of carbonyl (C=O) groups excluding carboxylic acids is 1. The van der Waals surface area contributed by atoms with Gasteiger partial charge in [0.1, 0.15) is 11.6 Å². The average Bonchev–Trinajstić information content (AvgIpc) is 2.80. The van der Waals surface area contributed by atoms with E-state index in [1.165, 1.54) is 12.1 Å². The van der Waals surface area contributed by atoms with Gasteiger partial charge in [-0.25, -0.2) is 9.18 Å². The maximum absolute atomic E-state index is 13.2. The summed E-state index contributed by atoms with van der Waals surface area (Å²) in [6, 6.07) is 7.77. The van der Waals surface area contributed by atoms with E-state index >= 15 is 0 Å². The summed E-state index contributed by atoms with van der Waals surface area (Å²) in [6.45, 7) is 0. The molecule has 0 aliphatic rings. The molecule has 1 aromatic heterocycles. The van der Waals surface area contributed by atoms with Crippen LogP contribution in [0.1, 0.15) is 16.8 Å². The van der Waals surface area contributed by atoms with Crippen molar-refractivity contribution in [1.82, 2.24) is 4.57 Å². The molecule has 0 aliphatic carbocycles. The predicted octanol–water partition coefficient (Wildman–Crippen LogP) is 2.31. The van der Waals surface area contributed by atoms with Crippen LogP contribution in [0.5, 0.6) is 0 Å². The summed E-state index contributed by atoms with van der Waals surface area (Å²) in [5, 5.41) is 18.3. The zero-order valence-electron chi connectivity index (χ0n) is 11.8. The molecule has 0 fully saturated rings. The second kappa shape index (κ2) is 6.26. The highest BCUT2D eigenvalue weighted by molar-refractivity contribution is 6.38. The van der Waals surface area contributed by atoms with E-state index in [-0.39, 0.29) is 5.82 Å². The Hall–Kier alpha value is -2.89. The minimum Gasteiger partial charge on any atom is -0.507 e. The fraction of sp³-hybridized carbons (Fsp3) is 0.125. The second-order valence-corrected chi connectivity index (χ2v) is 4.84. The molecule has 2 aromatic rings. The fourth-order valence-corrected chi connectivity index (χ4v) is 2.05. The van der Waals surface area contributed by atoms with Crippen molar-refractivity contribution in [3.05, 3.63) is 65.2 Å². The van der Waals surface area contributed by atoms with E-state index in [0.29, 0.717) is 18.1 Å². The van der Waals surface area contributed by atoms with Crippen molar-refractivity contribution in [3.8, 4) is 0 Å². The number of benzene rings is 1. The van der Waals surface area contributed by atoms with E-state index in [4.69, 9.17) is 5.11 Å². The van der Waals surface area contributed by atoms with Gasteiger partial charge >= 0.3 is 5.97 Å². The predicted molar refractivity (Wildman–Crippen MR) is 77.9 cm³/mol. The second-order valence-electron chi connectivity index (χ2n) is 4.84. The molecule has 0 amide bonds. The molecule has 0 radical (unpaired) electrons. The normalized spacial score (nSPS) is 11.5. The zero-order valence-corrected chi connectivity index (χ0v) is 11.8. The van der Waals surface area contributed by atoms with Crippen molar-refractivity contribution < 1.29 is 24.2 Å². The SMILES string of the molecule is Cn1cc(/C(O)=C/C(=O)C(=O)O)cc1Cc1cccc(F)c1. The Bertz CT molecular complexity index is 761. The van der Waals surface area contributed by atoms with Crippen molar-refractivity contribution in [2.45, 2.75) is 6.42 Å². The number of aliphatic hydroxyl groups is 1. The van der Waals surface area contributed by atoms with Gasteiger partial charge in [0, 0.05) is 37.0 Å². The standard InChI is InChI=1S/C16H14FNO4/c1-18-9-11(14(19)8-15(20)16(21)22)7-13(18)6-10-3-2-4-12(17)5-10/h2-5,7-9,19H,6H2,1H3,(H,21,22)/b14-8-. The molecule has 2 rings (SSSR count). The van der Waals surface area contributed by atoms with Gasteiger partial charge in [-0.3, -0.25) is 4.79 Å². The summed E-state index contributed by atoms with van der Waals surface area (Å²) in [5.74, 6) is -3.59. The van der Waals surface area contributed by atoms with Crippen LogP contribution in [0, 0.1) is 5.82 Å². The van der Waals surface area contributed by atoms with E-state index in [2.05, 4.69) is 0 Å². The molecule has 22 heavy (non-hydrogen) atoms. The third kappa shape index (κ3) is 3.60. The van der Waals surface area contributed by atoms with Crippen molar-refractivity contribution in [2.75, 3.05) is 0 Å². The Morgan fingerprint density at radius 2 is 2.00 bits per heavy atom. The number of halogens is 1. The van der Waals surface area contributed by atoms with Crippen LogP contribution in [0.3, 0.4) is 0 Å². The van der Waals surface area contributed by atoms with Crippen molar-refractivity contribution in [3.63, 3.8) is 0 Å². The van der Waals surface area contributed by atoms with E-state index in [1.54, 1.807) is 36.0 Å². The first-order valence-electron chi connectivity index (χ1n) is 6.45. The zero-order chi connectivity index (χ0) is 16.3. The molecule has 1 aromatic carbocycles. The maximum atomic E-state index is 13.2. The van der Waals surface area contributed by atoms with Crippen LogP contribution in [0.25, 0.3) is 5.76 Å². The third-order valence-corrected chi connectivity index (χ3v) is 3.16. The number of aliphatic carboxylic acids is 1. The summed E-state index contributed by atoms with van der Waals surface area (Å²) in [7, 11) is 1.74. The number of hydrogen-bond donors (Lipinski definition) is 2. The minimum atomic E-state index is -1.64. The summed E-state index contributed by atoms with van der Waals surface area (Å²) < 4.78 is 14.9. The van der Waals surface area contributed by atoms with Gasteiger partial charge in [-0.1, -0.05) is 12.1 Å². The lowest BCUT2D eigenvalue weighted by Crippen LogP contribution is -2.09. The lowest BCUT2D eigenvalue weighted by molar-refractivity contribution is -0.146. The van der Waals surface area contributed by atoms with Gasteiger partial charge < -0.3 is 14.8 Å². The molecule has 6 heteroatoms. The van der Waals surface area contributed by atoms with Crippen molar-refractivity contribution in [1.29, 1.82) is 0 Å². The Morgan fingerprint density at radius 1 is 1.27 bits per heavy atom. The first-order valence-corrected chi connectivity index (χ1v) is 6.45. The quantitative estimate of drug-likeness (QED) is 0.504. The minimum absolute atomic E-state index is 0.323. The topological polar surface area (TPSA) is 79.5 Å². The molecular formula is C16H14FNO4. The van der Waals surface area contributed by atoms with Gasteiger partial charge in [0.2, 0.25) is 0 Å². The number of carboxylic acid groups (broad SMARTS) is 1. The van der Waals surface area contributed by atoms with E-state index in [9.17, 15) is 19.1 Å². The molecule has 0 spiro atoms. The molecule has 0 bridgehead atoms. The van der Waals surface area contributed by atoms with Crippen molar-refractivity contribution >= 4 is 17.5 Å². The lowest BCUT2D eigenvalue weighted by Gasteiger charge is -2.03. The highest BCUT2D eigenvalue weighted by Crippen LogP contribution is 2.18. The highest BCUT2D eigenvalue weighted by atomic mass is 19.1. The van der Waals surface area contributed by atoms with E-state index < -0.39 is 17.5 Å². The third-order valence-electron chi connectivity index (χ3n) is 3.16. The molecular weight excluding hydrogens is 289 g/mol. The van der Waals surface area contributed by atoms with Crippen molar-refractivity contribution in [2.24, 2.45) is 7.05 Å². The van der Waals surface area contributed by atoms with Gasteiger partial charge in [-0.2, -0.15) is 0 Å². The fourth-order valence-electron chi connectivity index (χ4n) is 2.05. The Labute approximate surface area is 125 Å². The molecule has 114 valence electrons. The van der Waals surface area contributed by atoms with Crippen LogP contribution in [0.15, 0.2) is 42.6 Å².